The minimum atomic E-state index is -1.02. The van der Waals surface area contributed by atoms with Gasteiger partial charge in [0.05, 0.1) is 19.3 Å². The van der Waals surface area contributed by atoms with Gasteiger partial charge >= 0.3 is 12.0 Å². The Kier molecular flexibility index (Phi) is 7.92. The average molecular weight is 274 g/mol. The summed E-state index contributed by atoms with van der Waals surface area (Å²) in [4.78, 5) is 21.4. The number of carbonyl (C=O) groups excluding carboxylic acids is 1. The zero-order valence-electron chi connectivity index (χ0n) is 11.0. The Labute approximate surface area is 112 Å². The molecule has 0 bridgehead atoms. The number of urea groups is 1. The number of rotatable bonds is 9. The third-order valence-corrected chi connectivity index (χ3v) is 2.80. The van der Waals surface area contributed by atoms with Crippen molar-refractivity contribution >= 4 is 12.0 Å². The lowest BCUT2D eigenvalue weighted by molar-refractivity contribution is -0.142. The van der Waals surface area contributed by atoms with Crippen molar-refractivity contribution in [1.29, 1.82) is 0 Å². The smallest absolute Gasteiger partial charge is 0.329 e. The zero-order chi connectivity index (χ0) is 13.9. The van der Waals surface area contributed by atoms with Crippen LogP contribution < -0.4 is 10.6 Å². The lowest BCUT2D eigenvalue weighted by atomic mass is 10.3. The molecule has 0 aromatic carbocycles. The van der Waals surface area contributed by atoms with Crippen LogP contribution in [0.1, 0.15) is 25.7 Å². The van der Waals surface area contributed by atoms with Crippen molar-refractivity contribution in [2.45, 2.75) is 31.8 Å². The molecule has 3 N–H and O–H groups in total. The Morgan fingerprint density at radius 1 is 1.11 bits per heavy atom. The highest BCUT2D eigenvalue weighted by Gasteiger charge is 2.14. The molecule has 0 atom stereocenters. The Morgan fingerprint density at radius 3 is 2.37 bits per heavy atom. The van der Waals surface area contributed by atoms with Crippen LogP contribution in [0.2, 0.25) is 0 Å². The van der Waals surface area contributed by atoms with Crippen LogP contribution in [0.4, 0.5) is 4.79 Å². The van der Waals surface area contributed by atoms with E-state index in [1.165, 1.54) is 12.8 Å². The maximum Gasteiger partial charge on any atom is 0.329 e. The molecule has 19 heavy (non-hydrogen) atoms. The predicted molar refractivity (Wildman–Crippen MR) is 68.1 cm³/mol. The predicted octanol–water partition coefficient (Wildman–Crippen LogP) is 0.346. The van der Waals surface area contributed by atoms with E-state index in [1.807, 2.05) is 0 Å². The molecule has 110 valence electrons. The molecule has 0 radical (unpaired) electrons. The van der Waals surface area contributed by atoms with E-state index >= 15 is 0 Å². The number of carbonyl (C=O) groups is 2. The highest BCUT2D eigenvalue weighted by atomic mass is 16.5. The lowest BCUT2D eigenvalue weighted by Gasteiger charge is -2.12. The fourth-order valence-corrected chi connectivity index (χ4v) is 1.90. The van der Waals surface area contributed by atoms with Gasteiger partial charge in [-0.15, -0.1) is 0 Å². The summed E-state index contributed by atoms with van der Waals surface area (Å²) in [7, 11) is 0. The highest BCUT2D eigenvalue weighted by Crippen LogP contribution is 2.20. The molecule has 0 heterocycles. The number of hydrogen-bond donors (Lipinski definition) is 3. The van der Waals surface area contributed by atoms with E-state index in [2.05, 4.69) is 10.6 Å². The van der Waals surface area contributed by atoms with Crippen LogP contribution >= 0.6 is 0 Å². The summed E-state index contributed by atoms with van der Waals surface area (Å²) in [6.07, 6.45) is 5.05. The van der Waals surface area contributed by atoms with Gasteiger partial charge in [-0.05, 0) is 12.8 Å². The minimum Gasteiger partial charge on any atom is -0.480 e. The molecule has 0 spiro atoms. The van der Waals surface area contributed by atoms with Gasteiger partial charge in [-0.1, -0.05) is 12.8 Å². The van der Waals surface area contributed by atoms with Crippen LogP contribution in [0.5, 0.6) is 0 Å². The van der Waals surface area contributed by atoms with Crippen LogP contribution in [-0.4, -0.2) is 56.1 Å². The second kappa shape index (κ2) is 9.57. The summed E-state index contributed by atoms with van der Waals surface area (Å²) in [5, 5.41) is 13.5. The van der Waals surface area contributed by atoms with E-state index in [-0.39, 0.29) is 25.8 Å². The molecule has 7 nitrogen and oxygen atoms in total. The number of ether oxygens (including phenoxy) is 2. The summed E-state index contributed by atoms with van der Waals surface area (Å²) >= 11 is 0. The number of carboxylic acid groups (broad SMARTS) is 1. The van der Waals surface area contributed by atoms with E-state index in [4.69, 9.17) is 14.6 Å². The van der Waals surface area contributed by atoms with Crippen LogP contribution in [0, 0.1) is 0 Å². The van der Waals surface area contributed by atoms with E-state index in [9.17, 15) is 9.59 Å². The van der Waals surface area contributed by atoms with Crippen molar-refractivity contribution in [2.75, 3.05) is 32.9 Å². The molecule has 1 rings (SSSR count). The van der Waals surface area contributed by atoms with E-state index < -0.39 is 5.97 Å². The van der Waals surface area contributed by atoms with E-state index in [1.54, 1.807) is 0 Å². The largest absolute Gasteiger partial charge is 0.480 e. The van der Waals surface area contributed by atoms with Gasteiger partial charge in [0, 0.05) is 13.1 Å². The fourth-order valence-electron chi connectivity index (χ4n) is 1.90. The van der Waals surface area contributed by atoms with Crippen LogP contribution in [-0.2, 0) is 14.3 Å². The SMILES string of the molecule is O=C(O)COCCNC(=O)NCCOC1CCCC1. The normalized spacial score (nSPS) is 15.4. The maximum atomic E-state index is 11.3. The van der Waals surface area contributed by atoms with Crippen molar-refractivity contribution < 1.29 is 24.2 Å². The van der Waals surface area contributed by atoms with Gasteiger partial charge in [0.1, 0.15) is 6.61 Å². The second-order valence-corrected chi connectivity index (χ2v) is 4.41. The van der Waals surface area contributed by atoms with Gasteiger partial charge in [0.15, 0.2) is 0 Å². The second-order valence-electron chi connectivity index (χ2n) is 4.41. The Bertz CT molecular complexity index is 279. The molecule has 0 aromatic rings. The Balaban J connectivity index is 1.86. The standard InChI is InChI=1S/C12H22N2O5/c15-11(16)9-18-7-5-13-12(17)14-6-8-19-10-3-1-2-4-10/h10H,1-9H2,(H,15,16)(H2,13,14,17). The molecule has 0 unspecified atom stereocenters. The Hall–Kier alpha value is -1.34. The molecular weight excluding hydrogens is 252 g/mol. The average Bonchev–Trinajstić information content (AvgIpc) is 2.87. The van der Waals surface area contributed by atoms with Gasteiger partial charge in [-0.25, -0.2) is 9.59 Å². The Morgan fingerprint density at radius 2 is 1.74 bits per heavy atom. The van der Waals surface area contributed by atoms with Gasteiger partial charge in [-0.2, -0.15) is 0 Å². The minimum absolute atomic E-state index is 0.179. The van der Waals surface area contributed by atoms with Crippen molar-refractivity contribution in [1.82, 2.24) is 10.6 Å². The van der Waals surface area contributed by atoms with Crippen LogP contribution in [0.15, 0.2) is 0 Å². The molecule has 1 fully saturated rings. The molecule has 1 saturated carbocycles. The van der Waals surface area contributed by atoms with Gasteiger partial charge in [-0.3, -0.25) is 0 Å². The molecule has 2 amide bonds. The molecule has 0 aromatic heterocycles. The summed E-state index contributed by atoms with van der Waals surface area (Å²) in [5.41, 5.74) is 0. The first-order valence-corrected chi connectivity index (χ1v) is 6.61. The van der Waals surface area contributed by atoms with E-state index in [0.717, 1.165) is 12.8 Å². The molecule has 1 aliphatic carbocycles. The number of amides is 2. The number of hydrogen-bond acceptors (Lipinski definition) is 4. The van der Waals surface area contributed by atoms with E-state index in [0.29, 0.717) is 19.3 Å². The van der Waals surface area contributed by atoms with Gasteiger partial charge in [0.25, 0.3) is 0 Å². The van der Waals surface area contributed by atoms with Crippen molar-refractivity contribution in [3.8, 4) is 0 Å². The van der Waals surface area contributed by atoms with Crippen molar-refractivity contribution in [2.24, 2.45) is 0 Å². The molecule has 1 aliphatic rings. The van der Waals surface area contributed by atoms with Crippen LogP contribution in [0.25, 0.3) is 0 Å². The summed E-state index contributed by atoms with van der Waals surface area (Å²) in [6.45, 7) is 1.10. The third kappa shape index (κ3) is 8.39. The number of nitrogens with one attached hydrogen (secondary N) is 2. The lowest BCUT2D eigenvalue weighted by Crippen LogP contribution is -2.39. The van der Waals surface area contributed by atoms with Crippen LogP contribution in [0.3, 0.4) is 0 Å². The van der Waals surface area contributed by atoms with Crippen molar-refractivity contribution in [3.63, 3.8) is 0 Å². The zero-order valence-corrected chi connectivity index (χ0v) is 11.0. The first-order chi connectivity index (χ1) is 9.18. The summed E-state index contributed by atoms with van der Waals surface area (Å²) in [6, 6.07) is -0.297. The topological polar surface area (TPSA) is 96.9 Å². The highest BCUT2D eigenvalue weighted by molar-refractivity contribution is 5.73. The quantitative estimate of drug-likeness (QED) is 0.527. The number of aliphatic carboxylic acids is 1. The number of carboxylic acids is 1. The summed E-state index contributed by atoms with van der Waals surface area (Å²) < 4.78 is 10.4. The maximum absolute atomic E-state index is 11.3. The molecule has 0 saturated heterocycles. The third-order valence-electron chi connectivity index (χ3n) is 2.80. The first-order valence-electron chi connectivity index (χ1n) is 6.61. The molecular formula is C12H22N2O5. The van der Waals surface area contributed by atoms with Gasteiger partial charge in [0.2, 0.25) is 0 Å². The molecule has 0 aliphatic heterocycles. The van der Waals surface area contributed by atoms with Gasteiger partial charge < -0.3 is 25.2 Å². The first kappa shape index (κ1) is 15.7. The fraction of sp³-hybridized carbons (Fsp3) is 0.833. The summed E-state index contributed by atoms with van der Waals surface area (Å²) in [5.74, 6) is -1.02. The molecule has 7 heteroatoms. The monoisotopic (exact) mass is 274 g/mol. The van der Waals surface area contributed by atoms with Crippen molar-refractivity contribution in [3.05, 3.63) is 0 Å².